The predicted octanol–water partition coefficient (Wildman–Crippen LogP) is 11.9. The van der Waals surface area contributed by atoms with Gasteiger partial charge in [-0.15, -0.1) is 18.2 Å². The molecule has 0 aliphatic heterocycles. The Morgan fingerprint density at radius 1 is 0.796 bits per heavy atom. The Balaban J connectivity index is 0.000000167. The van der Waals surface area contributed by atoms with Gasteiger partial charge in [0.05, 0.1) is 22.4 Å². The van der Waals surface area contributed by atoms with Crippen LogP contribution < -0.4 is 4.40 Å². The fourth-order valence-corrected chi connectivity index (χ4v) is 11.4. The minimum absolute atomic E-state index is 0. The van der Waals surface area contributed by atoms with Gasteiger partial charge in [-0.25, -0.2) is 4.98 Å². The largest absolute Gasteiger partial charge is 0.486 e. The number of imidazole rings is 1. The van der Waals surface area contributed by atoms with Gasteiger partial charge in [0.2, 0.25) is 5.71 Å². The van der Waals surface area contributed by atoms with Crippen molar-refractivity contribution in [2.24, 2.45) is 5.92 Å². The van der Waals surface area contributed by atoms with Gasteiger partial charge < -0.3 is 8.98 Å². The maximum Gasteiger partial charge on any atom is 0.216 e. The van der Waals surface area contributed by atoms with Crippen LogP contribution in [0, 0.1) is 25.0 Å². The summed E-state index contributed by atoms with van der Waals surface area (Å²) in [7, 11) is 0. The molecule has 1 atom stereocenters. The van der Waals surface area contributed by atoms with Crippen molar-refractivity contribution in [3.63, 3.8) is 0 Å². The molecule has 1 unspecified atom stereocenters. The molecular formula is C47H46GeIrN4O-2. The number of benzene rings is 4. The molecule has 1 fully saturated rings. The molecular weight excluding hydrogens is 901 g/mol. The molecule has 0 amide bonds. The van der Waals surface area contributed by atoms with Crippen molar-refractivity contribution in [3.8, 4) is 28.3 Å². The van der Waals surface area contributed by atoms with Crippen molar-refractivity contribution >= 4 is 50.8 Å². The van der Waals surface area contributed by atoms with E-state index in [4.69, 9.17) is 14.4 Å². The van der Waals surface area contributed by atoms with Gasteiger partial charge in [-0.3, -0.25) is 4.98 Å². The minimum Gasteiger partial charge on any atom is -0.486 e. The molecule has 0 bridgehead atoms. The van der Waals surface area contributed by atoms with Gasteiger partial charge in [0.1, 0.15) is 0 Å². The van der Waals surface area contributed by atoms with Crippen LogP contribution in [-0.2, 0) is 20.1 Å². The van der Waals surface area contributed by atoms with E-state index in [1.54, 1.807) is 9.96 Å². The monoisotopic (exact) mass is 949 g/mol. The van der Waals surface area contributed by atoms with Gasteiger partial charge in [0.25, 0.3) is 0 Å². The van der Waals surface area contributed by atoms with Crippen LogP contribution in [0.25, 0.3) is 61.4 Å². The third-order valence-corrected chi connectivity index (χ3v) is 15.1. The van der Waals surface area contributed by atoms with Crippen molar-refractivity contribution in [3.05, 3.63) is 139 Å². The molecule has 8 aromatic rings. The standard InChI is InChI=1S/C25H16N3O.C22H30GeN.Ir/c1-16-14-15-19-18-10-7-11-20(23(18)29-25(19)26-16)24-27-21-12-5-6-13-22(21)28(24)17-8-3-2-4-9-17;1-17(18-11-7-5-8-12-18)20-15-22(19-13-9-6-10-14-19)24-16-21(20)23(2,3)4;/h2-10,12-15H,1H3;6,9-10,13,15-18H,5,7-8,11-12H2,1-4H3;/q2*-1;. The quantitative estimate of drug-likeness (QED) is 0.123. The van der Waals surface area contributed by atoms with Crippen molar-refractivity contribution in [2.45, 2.75) is 69.1 Å². The summed E-state index contributed by atoms with van der Waals surface area (Å²) < 4.78 is 9.96. The first-order valence-electron chi connectivity index (χ1n) is 19.0. The van der Waals surface area contributed by atoms with Crippen LogP contribution in [0.15, 0.2) is 120 Å². The van der Waals surface area contributed by atoms with Crippen LogP contribution in [0.4, 0.5) is 0 Å². The summed E-state index contributed by atoms with van der Waals surface area (Å²) in [6.07, 6.45) is 9.23. The van der Waals surface area contributed by atoms with E-state index in [-0.39, 0.29) is 20.1 Å². The number of aryl methyl sites for hydroxylation is 1. The molecule has 4 aromatic heterocycles. The second-order valence-electron chi connectivity index (χ2n) is 15.5. The van der Waals surface area contributed by atoms with Crippen LogP contribution in [0.5, 0.6) is 0 Å². The third-order valence-electron chi connectivity index (χ3n) is 10.8. The van der Waals surface area contributed by atoms with E-state index in [0.29, 0.717) is 11.6 Å². The first-order valence-corrected chi connectivity index (χ1v) is 26.3. The van der Waals surface area contributed by atoms with Crippen LogP contribution >= 0.6 is 0 Å². The first-order chi connectivity index (χ1) is 25.8. The molecule has 1 aliphatic rings. The number of aromatic nitrogens is 4. The third kappa shape index (κ3) is 7.62. The molecule has 54 heavy (non-hydrogen) atoms. The van der Waals surface area contributed by atoms with E-state index in [2.05, 4.69) is 94.5 Å². The molecule has 0 saturated heterocycles. The zero-order valence-electron chi connectivity index (χ0n) is 31.7. The maximum atomic E-state index is 6.21. The Morgan fingerprint density at radius 2 is 1.56 bits per heavy atom. The first kappa shape index (κ1) is 37.9. The Labute approximate surface area is 335 Å². The van der Waals surface area contributed by atoms with Crippen LogP contribution in [0.1, 0.15) is 56.2 Å². The van der Waals surface area contributed by atoms with Crippen LogP contribution in [-0.4, -0.2) is 32.8 Å². The minimum atomic E-state index is -1.94. The summed E-state index contributed by atoms with van der Waals surface area (Å²) in [5, 5.41) is 2.02. The zero-order valence-corrected chi connectivity index (χ0v) is 36.2. The smallest absolute Gasteiger partial charge is 0.216 e. The van der Waals surface area contributed by atoms with E-state index >= 15 is 0 Å². The average Bonchev–Trinajstić information content (AvgIpc) is 3.76. The van der Waals surface area contributed by atoms with E-state index in [0.717, 1.165) is 67.3 Å². The summed E-state index contributed by atoms with van der Waals surface area (Å²) in [6.45, 7) is 4.43. The number of furan rings is 1. The second-order valence-corrected chi connectivity index (χ2v) is 26.0. The summed E-state index contributed by atoms with van der Waals surface area (Å²) in [4.78, 5) is 14.3. The van der Waals surface area contributed by atoms with Gasteiger partial charge in [-0.2, -0.15) is 0 Å². The fraction of sp³-hybridized carbons (Fsp3) is 0.255. The van der Waals surface area contributed by atoms with Gasteiger partial charge in [-0.05, 0) is 43.3 Å². The fourth-order valence-electron chi connectivity index (χ4n) is 7.98. The zero-order chi connectivity index (χ0) is 36.5. The van der Waals surface area contributed by atoms with Gasteiger partial charge >= 0.3 is 150 Å². The van der Waals surface area contributed by atoms with Gasteiger partial charge in [-0.1, -0.05) is 41.3 Å². The van der Waals surface area contributed by atoms with Gasteiger partial charge in [0.15, 0.2) is 0 Å². The number of rotatable bonds is 6. The number of hydrogen-bond acceptors (Lipinski definition) is 4. The molecule has 0 spiro atoms. The van der Waals surface area contributed by atoms with Crippen molar-refractivity contribution < 1.29 is 24.5 Å². The molecule has 1 aliphatic carbocycles. The van der Waals surface area contributed by atoms with Crippen LogP contribution in [0.2, 0.25) is 17.3 Å². The molecule has 275 valence electrons. The number of fused-ring (bicyclic) bond motifs is 4. The summed E-state index contributed by atoms with van der Waals surface area (Å²) in [5.74, 6) is 9.76. The molecule has 1 saturated carbocycles. The van der Waals surface area contributed by atoms with Crippen molar-refractivity contribution in [1.29, 1.82) is 0 Å². The molecule has 4 aromatic carbocycles. The van der Waals surface area contributed by atoms with E-state index in [1.165, 1.54) is 32.1 Å². The molecule has 9 rings (SSSR count). The van der Waals surface area contributed by atoms with Crippen molar-refractivity contribution in [1.82, 2.24) is 19.5 Å². The predicted molar refractivity (Wildman–Crippen MR) is 222 cm³/mol. The van der Waals surface area contributed by atoms with E-state index in [9.17, 15) is 0 Å². The molecule has 7 heteroatoms. The second kappa shape index (κ2) is 16.2. The molecule has 4 heterocycles. The number of pyridine rings is 2. The SMILES string of the molecule is CC(c1cc(-c2[c-]cccc2)nc[c]1[Ge]([CH3])([CH3])[CH3])C1CCCCC1.Cc1ccc2c(n1)oc1c(-c3nc4ccccc4n3-c3ccccc3)[c-]ccc12.[Ir]. The van der Waals surface area contributed by atoms with E-state index in [1.807, 2.05) is 73.7 Å². The summed E-state index contributed by atoms with van der Waals surface area (Å²) in [5.41, 5.74) is 9.97. The Kier molecular flexibility index (Phi) is 11.4. The summed E-state index contributed by atoms with van der Waals surface area (Å²) in [6, 6.07) is 43.7. The van der Waals surface area contributed by atoms with Crippen LogP contribution in [0.3, 0.4) is 0 Å². The Morgan fingerprint density at radius 3 is 2.31 bits per heavy atom. The number of nitrogens with zero attached hydrogens (tertiary/aromatic N) is 4. The topological polar surface area (TPSA) is 56.7 Å². The van der Waals surface area contributed by atoms with E-state index < -0.39 is 13.3 Å². The molecule has 1 radical (unpaired) electrons. The average molecular weight is 948 g/mol. The Bertz CT molecular complexity index is 2510. The summed E-state index contributed by atoms with van der Waals surface area (Å²) >= 11 is -1.94. The molecule has 5 nitrogen and oxygen atoms in total. The Hall–Kier alpha value is -4.36. The van der Waals surface area contributed by atoms with Gasteiger partial charge in [0, 0.05) is 36.9 Å². The number of para-hydroxylation sites is 3. The molecule has 0 N–H and O–H groups in total. The van der Waals surface area contributed by atoms with Crippen molar-refractivity contribution in [2.75, 3.05) is 0 Å². The number of hydrogen-bond donors (Lipinski definition) is 0. The normalized spacial score (nSPS) is 14.1. The maximum absolute atomic E-state index is 6.21.